The Morgan fingerprint density at radius 3 is 2.79 bits per heavy atom. The highest BCUT2D eigenvalue weighted by molar-refractivity contribution is 7.92. The molecular weight excluding hydrogens is 224 g/mol. The molecule has 2 atom stereocenters. The van der Waals surface area contributed by atoms with Crippen LogP contribution in [-0.4, -0.2) is 45.5 Å². The van der Waals surface area contributed by atoms with Crippen molar-refractivity contribution in [3.63, 3.8) is 0 Å². The lowest BCUT2D eigenvalue weighted by molar-refractivity contribution is -0.131. The fourth-order valence-electron chi connectivity index (χ4n) is 1.57. The highest BCUT2D eigenvalue weighted by Gasteiger charge is 2.30. The maximum atomic E-state index is 11.4. The minimum Gasteiger partial charge on any atom is -0.342 e. The number of halogens is 1. The molecule has 4 nitrogen and oxygen atoms in total. The summed E-state index contributed by atoms with van der Waals surface area (Å²) in [6.45, 7) is 0. The lowest BCUT2D eigenvalue weighted by atomic mass is 10.2. The topological polar surface area (TPSA) is 61.2 Å². The Hall–Kier alpha value is -0.290. The number of nitrogens with zero attached hydrogens (tertiary/aromatic N) is 1. The molecule has 1 fully saturated rings. The second kappa shape index (κ2) is 4.49. The number of rotatable bonds is 3. The Labute approximate surface area is 89.6 Å². The fourth-order valence-corrected chi connectivity index (χ4v) is 3.56. The largest absolute Gasteiger partial charge is 0.342 e. The summed E-state index contributed by atoms with van der Waals surface area (Å²) in [5, 5.41) is 0. The Balaban J connectivity index is 2.55. The molecule has 1 N–H and O–H groups in total. The monoisotopic (exact) mass is 238 g/mol. The highest BCUT2D eigenvalue weighted by atomic mass is 35.5. The van der Waals surface area contributed by atoms with Gasteiger partial charge in [0, 0.05) is 40.9 Å². The first-order valence-corrected chi connectivity index (χ1v) is 6.95. The van der Waals surface area contributed by atoms with E-state index >= 15 is 0 Å². The van der Waals surface area contributed by atoms with Crippen molar-refractivity contribution in [2.24, 2.45) is 0 Å². The molecule has 1 rings (SSSR count). The van der Waals surface area contributed by atoms with E-state index in [0.29, 0.717) is 30.2 Å². The smallest absolute Gasteiger partial charge is 0.223 e. The molecule has 0 aromatic heterocycles. The van der Waals surface area contributed by atoms with Gasteiger partial charge in [0.05, 0.1) is 5.75 Å². The second-order valence-corrected chi connectivity index (χ2v) is 6.31. The van der Waals surface area contributed by atoms with Crippen molar-refractivity contribution in [3.05, 3.63) is 0 Å². The van der Waals surface area contributed by atoms with Crippen LogP contribution < -0.4 is 0 Å². The summed E-state index contributed by atoms with van der Waals surface area (Å²) in [6, 6.07) is -0.0317. The molecule has 0 aliphatic carbocycles. The minimum absolute atomic E-state index is 0.0258. The first kappa shape index (κ1) is 11.8. The van der Waals surface area contributed by atoms with Gasteiger partial charge in [0.25, 0.3) is 0 Å². The van der Waals surface area contributed by atoms with Crippen molar-refractivity contribution in [1.82, 2.24) is 4.90 Å². The van der Waals surface area contributed by atoms with Gasteiger partial charge in [-0.15, -0.1) is 11.6 Å². The summed E-state index contributed by atoms with van der Waals surface area (Å²) in [7, 11) is -0.721. The summed E-state index contributed by atoms with van der Waals surface area (Å²) >= 11 is 5.46. The lowest BCUT2D eigenvalue weighted by Crippen LogP contribution is -2.37. The SMILES string of the molecule is CN(C(=O)CCCl)C1CCS(=N)(=O)C1. The average Bonchev–Trinajstić information content (AvgIpc) is 2.45. The third-order valence-electron chi connectivity index (χ3n) is 2.49. The van der Waals surface area contributed by atoms with E-state index in [0.717, 1.165) is 0 Å². The van der Waals surface area contributed by atoms with E-state index in [2.05, 4.69) is 0 Å². The van der Waals surface area contributed by atoms with Crippen molar-refractivity contribution < 1.29 is 9.00 Å². The van der Waals surface area contributed by atoms with Crippen LogP contribution in [0.25, 0.3) is 0 Å². The molecule has 0 spiro atoms. The molecule has 1 heterocycles. The molecule has 0 radical (unpaired) electrons. The molecule has 82 valence electrons. The van der Waals surface area contributed by atoms with E-state index in [9.17, 15) is 9.00 Å². The van der Waals surface area contributed by atoms with Gasteiger partial charge in [-0.25, -0.2) is 4.21 Å². The zero-order valence-corrected chi connectivity index (χ0v) is 9.74. The van der Waals surface area contributed by atoms with Crippen LogP contribution in [0, 0.1) is 4.78 Å². The van der Waals surface area contributed by atoms with Crippen LogP contribution in [0.3, 0.4) is 0 Å². The van der Waals surface area contributed by atoms with E-state index in [1.165, 1.54) is 0 Å². The van der Waals surface area contributed by atoms with E-state index in [4.69, 9.17) is 16.4 Å². The average molecular weight is 239 g/mol. The third kappa shape index (κ3) is 2.85. The van der Waals surface area contributed by atoms with Crippen molar-refractivity contribution in [2.75, 3.05) is 24.4 Å². The molecule has 14 heavy (non-hydrogen) atoms. The fraction of sp³-hybridized carbons (Fsp3) is 0.875. The van der Waals surface area contributed by atoms with Crippen LogP contribution >= 0.6 is 11.6 Å². The molecule has 0 saturated carbocycles. The molecule has 2 unspecified atom stereocenters. The van der Waals surface area contributed by atoms with Crippen LogP contribution in [-0.2, 0) is 14.5 Å². The van der Waals surface area contributed by atoms with Crippen molar-refractivity contribution in [2.45, 2.75) is 18.9 Å². The normalized spacial score (nSPS) is 31.7. The molecule has 0 aromatic rings. The molecule has 0 aromatic carbocycles. The summed E-state index contributed by atoms with van der Waals surface area (Å²) in [5.41, 5.74) is 0. The number of carbonyl (C=O) groups excluding carboxylic acids is 1. The second-order valence-electron chi connectivity index (χ2n) is 3.57. The quantitative estimate of drug-likeness (QED) is 0.743. The molecule has 1 saturated heterocycles. The van der Waals surface area contributed by atoms with Crippen LogP contribution in [0.15, 0.2) is 0 Å². The predicted octanol–water partition coefficient (Wildman–Crippen LogP) is 0.893. The summed E-state index contributed by atoms with van der Waals surface area (Å²) in [6.07, 6.45) is 0.987. The van der Waals surface area contributed by atoms with Crippen molar-refractivity contribution in [3.8, 4) is 0 Å². The van der Waals surface area contributed by atoms with Gasteiger partial charge in [0.1, 0.15) is 0 Å². The summed E-state index contributed by atoms with van der Waals surface area (Å²) < 4.78 is 18.8. The number of amides is 1. The van der Waals surface area contributed by atoms with Gasteiger partial charge in [-0.1, -0.05) is 0 Å². The van der Waals surface area contributed by atoms with Gasteiger partial charge in [0.15, 0.2) is 0 Å². The van der Waals surface area contributed by atoms with E-state index in [1.54, 1.807) is 11.9 Å². The number of hydrogen-bond acceptors (Lipinski definition) is 3. The van der Waals surface area contributed by atoms with Crippen LogP contribution in [0.5, 0.6) is 0 Å². The Bertz CT molecular complexity index is 315. The van der Waals surface area contributed by atoms with Gasteiger partial charge in [-0.05, 0) is 6.42 Å². The van der Waals surface area contributed by atoms with Crippen molar-refractivity contribution >= 4 is 27.2 Å². The Morgan fingerprint density at radius 1 is 1.71 bits per heavy atom. The first-order chi connectivity index (χ1) is 6.46. The number of alkyl halides is 1. The lowest BCUT2D eigenvalue weighted by Gasteiger charge is -2.23. The number of hydrogen-bond donors (Lipinski definition) is 1. The molecule has 1 aliphatic rings. The molecule has 1 aliphatic heterocycles. The molecule has 6 heteroatoms. The zero-order valence-electron chi connectivity index (χ0n) is 8.16. The predicted molar refractivity (Wildman–Crippen MR) is 57.1 cm³/mol. The van der Waals surface area contributed by atoms with Gasteiger partial charge in [-0.2, -0.15) is 0 Å². The third-order valence-corrected chi connectivity index (χ3v) is 4.50. The van der Waals surface area contributed by atoms with Gasteiger partial charge in [-0.3, -0.25) is 9.57 Å². The molecule has 1 amide bonds. The van der Waals surface area contributed by atoms with Gasteiger partial charge < -0.3 is 4.90 Å². The van der Waals surface area contributed by atoms with Crippen molar-refractivity contribution in [1.29, 1.82) is 4.78 Å². The first-order valence-electron chi connectivity index (χ1n) is 4.52. The zero-order chi connectivity index (χ0) is 10.8. The maximum Gasteiger partial charge on any atom is 0.223 e. The van der Waals surface area contributed by atoms with Gasteiger partial charge >= 0.3 is 0 Å². The molecule has 0 bridgehead atoms. The summed E-state index contributed by atoms with van der Waals surface area (Å²) in [4.78, 5) is 13.0. The van der Waals surface area contributed by atoms with E-state index in [1.807, 2.05) is 0 Å². The minimum atomic E-state index is -2.42. The Kier molecular flexibility index (Phi) is 3.78. The standard InChI is InChI=1S/C8H15ClN2O2S/c1-11(8(12)2-4-9)7-3-5-14(10,13)6-7/h7,10H,2-6H2,1H3. The van der Waals surface area contributed by atoms with Gasteiger partial charge in [0.2, 0.25) is 5.91 Å². The van der Waals surface area contributed by atoms with Crippen LogP contribution in [0.1, 0.15) is 12.8 Å². The number of nitrogens with one attached hydrogen (secondary N) is 1. The van der Waals surface area contributed by atoms with E-state index in [-0.39, 0.29) is 11.9 Å². The Morgan fingerprint density at radius 2 is 2.36 bits per heavy atom. The maximum absolute atomic E-state index is 11.4. The van der Waals surface area contributed by atoms with Crippen LogP contribution in [0.2, 0.25) is 0 Å². The summed E-state index contributed by atoms with van der Waals surface area (Å²) in [5.74, 6) is 1.02. The van der Waals surface area contributed by atoms with Crippen LogP contribution in [0.4, 0.5) is 0 Å². The highest BCUT2D eigenvalue weighted by Crippen LogP contribution is 2.17. The molecular formula is C8H15ClN2O2S. The van der Waals surface area contributed by atoms with E-state index < -0.39 is 9.73 Å². The number of carbonyl (C=O) groups is 1.